The number of carbonyl (C=O) groups excluding carboxylic acids is 1. The second-order valence-corrected chi connectivity index (χ2v) is 3.48. The first-order valence-electron chi connectivity index (χ1n) is 5.25. The monoisotopic (exact) mass is 256 g/mol. The highest BCUT2D eigenvalue weighted by Crippen LogP contribution is 2.23. The lowest BCUT2D eigenvalue weighted by molar-refractivity contribution is -0.385. The fourth-order valence-corrected chi connectivity index (χ4v) is 1.45. The van der Waals surface area contributed by atoms with E-state index in [1.165, 1.54) is 24.1 Å². The average molecular weight is 256 g/mol. The van der Waals surface area contributed by atoms with E-state index in [1.807, 2.05) is 0 Å². The summed E-state index contributed by atoms with van der Waals surface area (Å²) in [6.45, 7) is 2.01. The highest BCUT2D eigenvalue weighted by atomic mass is 19.1. The predicted molar refractivity (Wildman–Crippen MR) is 63.0 cm³/mol. The topological polar surface area (TPSA) is 72.7 Å². The fraction of sp³-hybridized carbons (Fsp3) is 0.364. The molecule has 0 radical (unpaired) electrons. The van der Waals surface area contributed by atoms with Gasteiger partial charge in [0.2, 0.25) is 0 Å². The molecule has 1 aromatic carbocycles. The maximum absolute atomic E-state index is 13.7. The van der Waals surface area contributed by atoms with Crippen molar-refractivity contribution < 1.29 is 18.8 Å². The van der Waals surface area contributed by atoms with E-state index in [0.29, 0.717) is 6.54 Å². The van der Waals surface area contributed by atoms with Crippen molar-refractivity contribution in [2.24, 2.45) is 0 Å². The van der Waals surface area contributed by atoms with E-state index in [4.69, 9.17) is 0 Å². The van der Waals surface area contributed by atoms with E-state index in [1.54, 1.807) is 6.92 Å². The van der Waals surface area contributed by atoms with E-state index >= 15 is 0 Å². The van der Waals surface area contributed by atoms with Crippen molar-refractivity contribution in [3.63, 3.8) is 0 Å². The Bertz CT molecular complexity index is 464. The summed E-state index contributed by atoms with van der Waals surface area (Å²) in [5.74, 6) is -1.25. The maximum atomic E-state index is 13.7. The lowest BCUT2D eigenvalue weighted by atomic mass is 10.2. The SMILES string of the molecule is CCN(CC(=O)OC)c1ccc([N+](=O)[O-])cc1F. The summed E-state index contributed by atoms with van der Waals surface area (Å²) in [6, 6.07) is 3.30. The lowest BCUT2D eigenvalue weighted by Gasteiger charge is -2.21. The molecule has 0 heterocycles. The van der Waals surface area contributed by atoms with Gasteiger partial charge in [0.15, 0.2) is 5.82 Å². The van der Waals surface area contributed by atoms with Crippen LogP contribution < -0.4 is 4.90 Å². The van der Waals surface area contributed by atoms with Gasteiger partial charge in [-0.25, -0.2) is 4.39 Å². The molecule has 18 heavy (non-hydrogen) atoms. The molecule has 0 aliphatic rings. The molecule has 6 nitrogen and oxygen atoms in total. The standard InChI is InChI=1S/C11H13FN2O4/c1-3-13(7-11(15)18-2)10-5-4-8(14(16)17)6-9(10)12/h4-6H,3,7H2,1-2H3. The molecule has 0 amide bonds. The Kier molecular flexibility index (Phi) is 4.59. The fourth-order valence-electron chi connectivity index (χ4n) is 1.45. The summed E-state index contributed by atoms with van der Waals surface area (Å²) >= 11 is 0. The molecule has 0 N–H and O–H groups in total. The molecule has 0 aliphatic carbocycles. The van der Waals surface area contributed by atoms with Gasteiger partial charge in [-0.2, -0.15) is 0 Å². The van der Waals surface area contributed by atoms with E-state index < -0.39 is 16.7 Å². The number of likely N-dealkylation sites (N-methyl/N-ethyl adjacent to an activating group) is 1. The Morgan fingerprint density at radius 1 is 1.56 bits per heavy atom. The minimum Gasteiger partial charge on any atom is -0.468 e. The third-order valence-electron chi connectivity index (χ3n) is 2.41. The number of nitro benzene ring substituents is 1. The predicted octanol–water partition coefficient (Wildman–Crippen LogP) is 1.73. The smallest absolute Gasteiger partial charge is 0.325 e. The second-order valence-electron chi connectivity index (χ2n) is 3.48. The number of rotatable bonds is 5. The Hall–Kier alpha value is -2.18. The van der Waals surface area contributed by atoms with Crippen molar-refractivity contribution >= 4 is 17.3 Å². The van der Waals surface area contributed by atoms with Gasteiger partial charge in [0.05, 0.1) is 23.8 Å². The number of hydrogen-bond acceptors (Lipinski definition) is 5. The Labute approximate surface area is 103 Å². The van der Waals surface area contributed by atoms with Crippen LogP contribution in [0.5, 0.6) is 0 Å². The van der Waals surface area contributed by atoms with Crippen molar-refractivity contribution in [2.75, 3.05) is 25.1 Å². The first kappa shape index (κ1) is 13.9. The Morgan fingerprint density at radius 2 is 2.22 bits per heavy atom. The summed E-state index contributed by atoms with van der Waals surface area (Å²) in [5, 5.41) is 10.5. The lowest BCUT2D eigenvalue weighted by Crippen LogP contribution is -2.30. The van der Waals surface area contributed by atoms with E-state index in [-0.39, 0.29) is 17.9 Å². The summed E-state index contributed by atoms with van der Waals surface area (Å²) in [6.07, 6.45) is 0. The molecule has 0 aliphatic heterocycles. The van der Waals surface area contributed by atoms with Crippen LogP contribution in [0.1, 0.15) is 6.92 Å². The van der Waals surface area contributed by atoms with Crippen LogP contribution in [-0.4, -0.2) is 31.1 Å². The first-order chi connectivity index (χ1) is 8.49. The van der Waals surface area contributed by atoms with Gasteiger partial charge in [0.25, 0.3) is 5.69 Å². The molecule has 0 bridgehead atoms. The maximum Gasteiger partial charge on any atom is 0.325 e. The van der Waals surface area contributed by atoms with Crippen LogP contribution in [0.2, 0.25) is 0 Å². The number of nitro groups is 1. The molecule has 0 fully saturated rings. The van der Waals surface area contributed by atoms with Gasteiger partial charge in [-0.05, 0) is 13.0 Å². The van der Waals surface area contributed by atoms with Crippen LogP contribution in [0, 0.1) is 15.9 Å². The number of hydrogen-bond donors (Lipinski definition) is 0. The van der Waals surface area contributed by atoms with E-state index in [9.17, 15) is 19.3 Å². The number of anilines is 1. The second kappa shape index (κ2) is 5.95. The molecule has 0 spiro atoms. The van der Waals surface area contributed by atoms with Crippen LogP contribution in [0.3, 0.4) is 0 Å². The van der Waals surface area contributed by atoms with E-state index in [2.05, 4.69) is 4.74 Å². The molecule has 0 saturated heterocycles. The van der Waals surface area contributed by atoms with Crippen molar-refractivity contribution in [1.82, 2.24) is 0 Å². The van der Waals surface area contributed by atoms with Crippen LogP contribution >= 0.6 is 0 Å². The van der Waals surface area contributed by atoms with E-state index in [0.717, 1.165) is 6.07 Å². The van der Waals surface area contributed by atoms with Gasteiger partial charge >= 0.3 is 5.97 Å². The third-order valence-corrected chi connectivity index (χ3v) is 2.41. The minimum absolute atomic E-state index is 0.109. The minimum atomic E-state index is -0.741. The Balaban J connectivity index is 3.00. The van der Waals surface area contributed by atoms with Gasteiger partial charge in [0, 0.05) is 12.6 Å². The number of ether oxygens (including phenoxy) is 1. The summed E-state index contributed by atoms with van der Waals surface area (Å²) in [5.41, 5.74) is -0.195. The molecular formula is C11H13FN2O4. The molecule has 7 heteroatoms. The van der Waals surface area contributed by atoms with Crippen LogP contribution in [0.4, 0.5) is 15.8 Å². The molecule has 98 valence electrons. The number of halogens is 1. The number of nitrogens with zero attached hydrogens (tertiary/aromatic N) is 2. The van der Waals surface area contributed by atoms with Gasteiger partial charge in [0.1, 0.15) is 6.54 Å². The van der Waals surface area contributed by atoms with Gasteiger partial charge < -0.3 is 9.64 Å². The molecule has 1 rings (SSSR count). The summed E-state index contributed by atoms with van der Waals surface area (Å²) in [4.78, 5) is 22.4. The number of carbonyl (C=O) groups is 1. The number of benzene rings is 1. The third kappa shape index (κ3) is 3.16. The van der Waals surface area contributed by atoms with Crippen molar-refractivity contribution in [1.29, 1.82) is 0 Å². The quantitative estimate of drug-likeness (QED) is 0.455. The Morgan fingerprint density at radius 3 is 2.67 bits per heavy atom. The number of methoxy groups -OCH3 is 1. The molecule has 0 atom stereocenters. The van der Waals surface area contributed by atoms with Crippen molar-refractivity contribution in [2.45, 2.75) is 6.92 Å². The molecule has 0 unspecified atom stereocenters. The molecule has 0 saturated carbocycles. The number of esters is 1. The zero-order valence-corrected chi connectivity index (χ0v) is 10.1. The van der Waals surface area contributed by atoms with Crippen molar-refractivity contribution in [3.05, 3.63) is 34.1 Å². The highest BCUT2D eigenvalue weighted by molar-refractivity contribution is 5.75. The first-order valence-corrected chi connectivity index (χ1v) is 5.25. The molecular weight excluding hydrogens is 243 g/mol. The van der Waals surface area contributed by atoms with Gasteiger partial charge in [-0.1, -0.05) is 0 Å². The van der Waals surface area contributed by atoms with Crippen molar-refractivity contribution in [3.8, 4) is 0 Å². The largest absolute Gasteiger partial charge is 0.468 e. The summed E-state index contributed by atoms with van der Waals surface area (Å²) < 4.78 is 18.2. The van der Waals surface area contributed by atoms with Gasteiger partial charge in [-0.15, -0.1) is 0 Å². The van der Waals surface area contributed by atoms with Crippen LogP contribution in [-0.2, 0) is 9.53 Å². The highest BCUT2D eigenvalue weighted by Gasteiger charge is 2.17. The van der Waals surface area contributed by atoms with Crippen LogP contribution in [0.25, 0.3) is 0 Å². The average Bonchev–Trinajstić information content (AvgIpc) is 2.35. The zero-order valence-electron chi connectivity index (χ0n) is 10.1. The number of non-ortho nitro benzene ring substituents is 1. The zero-order chi connectivity index (χ0) is 13.7. The molecule has 0 aromatic heterocycles. The summed E-state index contributed by atoms with van der Waals surface area (Å²) in [7, 11) is 1.24. The van der Waals surface area contributed by atoms with Crippen LogP contribution in [0.15, 0.2) is 18.2 Å². The molecule has 1 aromatic rings. The normalized spacial score (nSPS) is 9.94. The van der Waals surface area contributed by atoms with Gasteiger partial charge in [-0.3, -0.25) is 14.9 Å².